The second-order valence-corrected chi connectivity index (χ2v) is 6.56. The van der Waals surface area contributed by atoms with Crippen LogP contribution in [0.3, 0.4) is 0 Å². The first-order chi connectivity index (χ1) is 13.1. The molecule has 1 N–H and O–H groups in total. The number of fused-ring (bicyclic) bond motifs is 1. The van der Waals surface area contributed by atoms with E-state index in [1.807, 2.05) is 90.5 Å². The van der Waals surface area contributed by atoms with Gasteiger partial charge in [-0.05, 0) is 30.7 Å². The molecule has 2 heterocycles. The minimum absolute atomic E-state index is 0.110. The first-order valence-electron chi connectivity index (χ1n) is 8.87. The van der Waals surface area contributed by atoms with E-state index in [9.17, 15) is 9.59 Å². The molecule has 2 amide bonds. The van der Waals surface area contributed by atoms with Gasteiger partial charge < -0.3 is 5.32 Å². The quantitative estimate of drug-likeness (QED) is 0.732. The van der Waals surface area contributed by atoms with Crippen LogP contribution < -0.4 is 14.8 Å². The Morgan fingerprint density at radius 1 is 1.00 bits per heavy atom. The molecule has 0 saturated heterocycles. The molecule has 2 aromatic carbocycles. The number of carbonyl (C=O) groups is 2. The van der Waals surface area contributed by atoms with Crippen molar-refractivity contribution in [2.75, 3.05) is 10.2 Å². The number of pyridine rings is 1. The molecule has 1 atom stereocenters. The molecule has 1 aliphatic rings. The SMILES string of the molecule is Cc1ccccc1N1C(=O)C[n+]2ccccc2[C@H]1C(=O)Nc1ccccc1. The average molecular weight is 358 g/mol. The van der Waals surface area contributed by atoms with Crippen molar-refractivity contribution in [3.63, 3.8) is 0 Å². The molecule has 0 bridgehead atoms. The maximum Gasteiger partial charge on any atom is 0.294 e. The molecule has 1 aromatic heterocycles. The number of carbonyl (C=O) groups excluding carboxylic acids is 2. The summed E-state index contributed by atoms with van der Waals surface area (Å²) in [6, 6.07) is 21.8. The number of para-hydroxylation sites is 2. The van der Waals surface area contributed by atoms with E-state index < -0.39 is 6.04 Å². The van der Waals surface area contributed by atoms with Gasteiger partial charge in [-0.2, -0.15) is 4.57 Å². The van der Waals surface area contributed by atoms with Crippen LogP contribution in [0.25, 0.3) is 0 Å². The second-order valence-electron chi connectivity index (χ2n) is 6.56. The molecule has 4 rings (SSSR count). The number of aryl methyl sites for hydroxylation is 1. The van der Waals surface area contributed by atoms with Crippen molar-refractivity contribution >= 4 is 23.2 Å². The topological polar surface area (TPSA) is 53.3 Å². The Morgan fingerprint density at radius 3 is 2.48 bits per heavy atom. The Balaban J connectivity index is 1.80. The van der Waals surface area contributed by atoms with Crippen LogP contribution >= 0.6 is 0 Å². The number of nitrogens with one attached hydrogen (secondary N) is 1. The first kappa shape index (κ1) is 17.0. The molecular weight excluding hydrogens is 338 g/mol. The van der Waals surface area contributed by atoms with Crippen molar-refractivity contribution in [1.82, 2.24) is 0 Å². The van der Waals surface area contributed by atoms with Gasteiger partial charge in [-0.1, -0.05) is 42.5 Å². The summed E-state index contributed by atoms with van der Waals surface area (Å²) in [6.45, 7) is 2.15. The number of anilines is 2. The van der Waals surface area contributed by atoms with Gasteiger partial charge in [-0.15, -0.1) is 0 Å². The zero-order chi connectivity index (χ0) is 18.8. The van der Waals surface area contributed by atoms with Gasteiger partial charge in [0, 0.05) is 23.5 Å². The maximum absolute atomic E-state index is 13.3. The molecule has 134 valence electrons. The van der Waals surface area contributed by atoms with Gasteiger partial charge in [0.15, 0.2) is 6.20 Å². The zero-order valence-electron chi connectivity index (χ0n) is 15.0. The third-order valence-electron chi connectivity index (χ3n) is 4.75. The van der Waals surface area contributed by atoms with Crippen LogP contribution in [0, 0.1) is 6.92 Å². The average Bonchev–Trinajstić information content (AvgIpc) is 2.68. The van der Waals surface area contributed by atoms with Crippen LogP contribution in [0.15, 0.2) is 79.0 Å². The van der Waals surface area contributed by atoms with Crippen molar-refractivity contribution in [3.8, 4) is 0 Å². The van der Waals surface area contributed by atoms with Gasteiger partial charge in [-0.25, -0.2) is 0 Å². The summed E-state index contributed by atoms with van der Waals surface area (Å²) >= 11 is 0. The molecule has 1 aliphatic heterocycles. The molecule has 5 heteroatoms. The fourth-order valence-corrected chi connectivity index (χ4v) is 3.47. The first-order valence-corrected chi connectivity index (χ1v) is 8.87. The number of nitrogens with zero attached hydrogens (tertiary/aromatic N) is 2. The lowest BCUT2D eigenvalue weighted by Gasteiger charge is -2.33. The van der Waals surface area contributed by atoms with Crippen LogP contribution in [-0.2, 0) is 16.1 Å². The lowest BCUT2D eigenvalue weighted by Crippen LogP contribution is -2.58. The van der Waals surface area contributed by atoms with Crippen molar-refractivity contribution in [2.45, 2.75) is 19.5 Å². The minimum atomic E-state index is -0.742. The monoisotopic (exact) mass is 358 g/mol. The highest BCUT2D eigenvalue weighted by atomic mass is 16.2. The summed E-state index contributed by atoms with van der Waals surface area (Å²) in [5.41, 5.74) is 3.19. The predicted molar refractivity (Wildman–Crippen MR) is 103 cm³/mol. The normalized spacial score (nSPS) is 16.0. The van der Waals surface area contributed by atoms with Crippen molar-refractivity contribution < 1.29 is 14.2 Å². The Kier molecular flexibility index (Phi) is 4.42. The summed E-state index contributed by atoms with van der Waals surface area (Å²) in [6.07, 6.45) is 1.84. The van der Waals surface area contributed by atoms with E-state index in [4.69, 9.17) is 0 Å². The van der Waals surface area contributed by atoms with Gasteiger partial charge >= 0.3 is 0 Å². The summed E-state index contributed by atoms with van der Waals surface area (Å²) in [5.74, 6) is -0.348. The fraction of sp³-hybridized carbons (Fsp3) is 0.136. The largest absolute Gasteiger partial charge is 0.324 e. The number of rotatable bonds is 3. The van der Waals surface area contributed by atoms with E-state index >= 15 is 0 Å². The molecule has 0 spiro atoms. The van der Waals surface area contributed by atoms with Gasteiger partial charge in [0.1, 0.15) is 0 Å². The Hall–Kier alpha value is -3.47. The Bertz CT molecular complexity index is 1000. The smallest absolute Gasteiger partial charge is 0.294 e. The summed E-state index contributed by atoms with van der Waals surface area (Å²) in [7, 11) is 0. The highest BCUT2D eigenvalue weighted by Crippen LogP contribution is 2.31. The third kappa shape index (κ3) is 3.19. The molecule has 0 unspecified atom stereocenters. The number of amides is 2. The van der Waals surface area contributed by atoms with Crippen LogP contribution in [0.4, 0.5) is 11.4 Å². The van der Waals surface area contributed by atoms with Crippen LogP contribution in [0.2, 0.25) is 0 Å². The van der Waals surface area contributed by atoms with Gasteiger partial charge in [0.2, 0.25) is 18.3 Å². The fourth-order valence-electron chi connectivity index (χ4n) is 3.47. The molecule has 0 radical (unpaired) electrons. The third-order valence-corrected chi connectivity index (χ3v) is 4.75. The van der Waals surface area contributed by atoms with Crippen molar-refractivity contribution in [3.05, 3.63) is 90.3 Å². The van der Waals surface area contributed by atoms with E-state index in [0.717, 1.165) is 16.9 Å². The van der Waals surface area contributed by atoms with Crippen molar-refractivity contribution in [2.24, 2.45) is 0 Å². The highest BCUT2D eigenvalue weighted by molar-refractivity contribution is 6.05. The lowest BCUT2D eigenvalue weighted by atomic mass is 10.0. The molecular formula is C22H20N3O2+. The van der Waals surface area contributed by atoms with Crippen LogP contribution in [0.1, 0.15) is 17.3 Å². The van der Waals surface area contributed by atoms with Gasteiger partial charge in [-0.3, -0.25) is 14.5 Å². The Morgan fingerprint density at radius 2 is 1.70 bits per heavy atom. The van der Waals surface area contributed by atoms with Crippen LogP contribution in [0.5, 0.6) is 0 Å². The van der Waals surface area contributed by atoms with E-state index in [1.54, 1.807) is 4.90 Å². The maximum atomic E-state index is 13.3. The number of aromatic nitrogens is 1. The van der Waals surface area contributed by atoms with Crippen LogP contribution in [-0.4, -0.2) is 11.8 Å². The van der Waals surface area contributed by atoms with E-state index in [2.05, 4.69) is 5.32 Å². The van der Waals surface area contributed by atoms with Gasteiger partial charge in [0.05, 0.1) is 0 Å². The minimum Gasteiger partial charge on any atom is -0.324 e. The van der Waals surface area contributed by atoms with E-state index in [1.165, 1.54) is 0 Å². The van der Waals surface area contributed by atoms with Gasteiger partial charge in [0.25, 0.3) is 11.8 Å². The molecule has 3 aromatic rings. The summed E-state index contributed by atoms with van der Waals surface area (Å²) in [4.78, 5) is 27.9. The lowest BCUT2D eigenvalue weighted by molar-refractivity contribution is -0.695. The molecule has 0 saturated carbocycles. The second kappa shape index (κ2) is 7.03. The number of hydrogen-bond acceptors (Lipinski definition) is 2. The van der Waals surface area contributed by atoms with Crippen molar-refractivity contribution in [1.29, 1.82) is 0 Å². The molecule has 5 nitrogen and oxygen atoms in total. The predicted octanol–water partition coefficient (Wildman–Crippen LogP) is 3.01. The van der Waals surface area contributed by atoms with E-state index in [-0.39, 0.29) is 18.4 Å². The highest BCUT2D eigenvalue weighted by Gasteiger charge is 2.44. The van der Waals surface area contributed by atoms with E-state index in [0.29, 0.717) is 5.69 Å². The summed E-state index contributed by atoms with van der Waals surface area (Å²) < 4.78 is 1.84. The summed E-state index contributed by atoms with van der Waals surface area (Å²) in [5, 5.41) is 2.95. The Labute approximate surface area is 157 Å². The standard InChI is InChI=1S/C22H19N3O2/c1-16-9-5-6-12-18(16)25-20(26)15-24-14-8-7-13-19(24)21(25)22(27)23-17-10-3-2-4-11-17/h2-14,21H,15H2,1H3/p+1/t21-/m0/s1. The number of hydrogen-bond donors (Lipinski definition) is 1. The molecule has 0 aliphatic carbocycles. The molecule has 0 fully saturated rings. The zero-order valence-corrected chi connectivity index (χ0v) is 15.0. The molecule has 27 heavy (non-hydrogen) atoms. The number of benzene rings is 2.